The van der Waals surface area contributed by atoms with Gasteiger partial charge in [0.05, 0.1) is 10.5 Å². The first-order chi connectivity index (χ1) is 10.2. The maximum atomic E-state index is 12.4. The van der Waals surface area contributed by atoms with Crippen molar-refractivity contribution in [1.29, 1.82) is 0 Å². The molecule has 0 spiro atoms. The molecule has 0 saturated heterocycles. The highest BCUT2D eigenvalue weighted by Gasteiger charge is 2.30. The lowest BCUT2D eigenvalue weighted by atomic mass is 10.2. The van der Waals surface area contributed by atoms with Gasteiger partial charge in [0.2, 0.25) is 0 Å². The van der Waals surface area contributed by atoms with Crippen LogP contribution in [-0.2, 0) is 16.2 Å². The van der Waals surface area contributed by atoms with Gasteiger partial charge in [0.15, 0.2) is 0 Å². The van der Waals surface area contributed by atoms with Crippen molar-refractivity contribution in [3.05, 3.63) is 53.9 Å². The summed E-state index contributed by atoms with van der Waals surface area (Å²) in [7, 11) is -4.17. The van der Waals surface area contributed by atoms with Gasteiger partial charge in [-0.25, -0.2) is 8.42 Å². The Kier molecular flexibility index (Phi) is 4.24. The van der Waals surface area contributed by atoms with Gasteiger partial charge in [-0.2, -0.15) is 13.2 Å². The van der Waals surface area contributed by atoms with Crippen molar-refractivity contribution in [2.24, 2.45) is 0 Å². The maximum Gasteiger partial charge on any atom is 0.416 e. The first kappa shape index (κ1) is 16.0. The molecule has 0 bridgehead atoms. The van der Waals surface area contributed by atoms with E-state index in [0.29, 0.717) is 12.1 Å². The van der Waals surface area contributed by atoms with E-state index >= 15 is 0 Å². The number of aromatic amines is 1. The lowest BCUT2D eigenvalue weighted by molar-refractivity contribution is -0.137. The minimum absolute atomic E-state index is 0.120. The number of carbonyl (C=O) groups excluding carboxylic acids is 1. The van der Waals surface area contributed by atoms with E-state index in [-0.39, 0.29) is 5.69 Å². The maximum absolute atomic E-state index is 12.4. The van der Waals surface area contributed by atoms with E-state index in [4.69, 9.17) is 0 Å². The Bertz CT molecular complexity index is 753. The molecule has 10 heteroatoms. The van der Waals surface area contributed by atoms with E-state index in [1.165, 1.54) is 12.3 Å². The number of carbonyl (C=O) groups is 1. The Morgan fingerprint density at radius 3 is 2.23 bits per heavy atom. The fourth-order valence-corrected chi connectivity index (χ4v) is 2.37. The Morgan fingerprint density at radius 1 is 1.09 bits per heavy atom. The number of nitrogens with one attached hydrogen (secondary N) is 3. The number of amides is 1. The zero-order chi connectivity index (χ0) is 16.4. The average molecular weight is 333 g/mol. The summed E-state index contributed by atoms with van der Waals surface area (Å²) in [6.45, 7) is 0. The van der Waals surface area contributed by atoms with Crippen LogP contribution in [0.2, 0.25) is 0 Å². The van der Waals surface area contributed by atoms with Gasteiger partial charge in [0, 0.05) is 6.20 Å². The number of benzene rings is 1. The highest BCUT2D eigenvalue weighted by Crippen LogP contribution is 2.29. The van der Waals surface area contributed by atoms with Crippen LogP contribution in [0.3, 0.4) is 0 Å². The molecular weight excluding hydrogens is 323 g/mol. The molecule has 2 aromatic rings. The number of sulfonamides is 1. The van der Waals surface area contributed by atoms with Gasteiger partial charge < -0.3 is 4.98 Å². The van der Waals surface area contributed by atoms with Gasteiger partial charge in [0.1, 0.15) is 5.69 Å². The van der Waals surface area contributed by atoms with Crippen molar-refractivity contribution >= 4 is 15.9 Å². The first-order valence-corrected chi connectivity index (χ1v) is 7.31. The van der Waals surface area contributed by atoms with Crippen LogP contribution in [0.15, 0.2) is 47.5 Å². The van der Waals surface area contributed by atoms with Crippen LogP contribution in [0, 0.1) is 0 Å². The molecule has 3 N–H and O–H groups in total. The number of hydrogen-bond acceptors (Lipinski definition) is 3. The van der Waals surface area contributed by atoms with Crippen molar-refractivity contribution in [2.45, 2.75) is 11.1 Å². The highest BCUT2D eigenvalue weighted by atomic mass is 32.2. The summed E-state index contributed by atoms with van der Waals surface area (Å²) in [6.07, 6.45) is -3.09. The highest BCUT2D eigenvalue weighted by molar-refractivity contribution is 7.89. The molecular formula is C12H10F3N3O3S. The van der Waals surface area contributed by atoms with E-state index in [0.717, 1.165) is 12.1 Å². The largest absolute Gasteiger partial charge is 0.416 e. The second-order valence-electron chi connectivity index (χ2n) is 4.17. The lowest BCUT2D eigenvalue weighted by Crippen LogP contribution is -2.41. The molecule has 22 heavy (non-hydrogen) atoms. The minimum Gasteiger partial charge on any atom is -0.357 e. The summed E-state index contributed by atoms with van der Waals surface area (Å²) in [5.41, 5.74) is 1.09. The molecule has 0 unspecified atom stereocenters. The topological polar surface area (TPSA) is 91.1 Å². The van der Waals surface area contributed by atoms with Crippen LogP contribution in [0.5, 0.6) is 0 Å². The van der Waals surface area contributed by atoms with Crippen molar-refractivity contribution in [2.75, 3.05) is 0 Å². The third kappa shape index (κ3) is 3.65. The number of halogens is 3. The third-order valence-corrected chi connectivity index (χ3v) is 3.90. The Hall–Kier alpha value is -2.33. The summed E-state index contributed by atoms with van der Waals surface area (Å²) >= 11 is 0. The van der Waals surface area contributed by atoms with Crippen LogP contribution < -0.4 is 10.3 Å². The molecule has 0 fully saturated rings. The lowest BCUT2D eigenvalue weighted by Gasteiger charge is -2.10. The predicted octanol–water partition coefficient (Wildman–Crippen LogP) is 1.66. The van der Waals surface area contributed by atoms with E-state index < -0.39 is 32.6 Å². The van der Waals surface area contributed by atoms with Gasteiger partial charge >= 0.3 is 6.18 Å². The number of hydrazine groups is 1. The Balaban J connectivity index is 2.09. The van der Waals surface area contributed by atoms with Crippen LogP contribution in [-0.4, -0.2) is 19.3 Å². The van der Waals surface area contributed by atoms with Gasteiger partial charge in [-0.3, -0.25) is 10.2 Å². The molecule has 1 aromatic carbocycles. The monoisotopic (exact) mass is 333 g/mol. The predicted molar refractivity (Wildman–Crippen MR) is 70.0 cm³/mol. The normalized spacial score (nSPS) is 12.1. The molecule has 0 saturated carbocycles. The molecule has 2 rings (SSSR count). The van der Waals surface area contributed by atoms with E-state index in [9.17, 15) is 26.4 Å². The molecule has 0 aliphatic rings. The number of rotatable bonds is 4. The summed E-state index contributed by atoms with van der Waals surface area (Å²) in [5, 5.41) is 0. The number of aromatic nitrogens is 1. The van der Waals surface area contributed by atoms with E-state index in [1.807, 2.05) is 5.43 Å². The van der Waals surface area contributed by atoms with E-state index in [2.05, 4.69) is 4.98 Å². The molecule has 1 heterocycles. The zero-order valence-corrected chi connectivity index (χ0v) is 11.6. The molecule has 0 radical (unpaired) electrons. The van der Waals surface area contributed by atoms with Crippen LogP contribution in [0.4, 0.5) is 13.2 Å². The number of alkyl halides is 3. The fourth-order valence-electron chi connectivity index (χ4n) is 1.53. The molecule has 0 atom stereocenters. The summed E-state index contributed by atoms with van der Waals surface area (Å²) in [5.74, 6) is -0.736. The Labute approximate surface area is 123 Å². The van der Waals surface area contributed by atoms with Crippen molar-refractivity contribution in [1.82, 2.24) is 15.2 Å². The van der Waals surface area contributed by atoms with Gasteiger partial charge in [0.25, 0.3) is 15.9 Å². The second kappa shape index (κ2) is 5.81. The quantitative estimate of drug-likeness (QED) is 0.743. The van der Waals surface area contributed by atoms with Crippen molar-refractivity contribution < 1.29 is 26.4 Å². The number of H-pyrrole nitrogens is 1. The smallest absolute Gasteiger partial charge is 0.357 e. The Morgan fingerprint density at radius 2 is 1.73 bits per heavy atom. The standard InChI is InChI=1S/C12H10F3N3O3S/c13-12(14,15)8-3-5-9(6-4-8)22(20,21)18-17-11(19)10-2-1-7-16-10/h1-7,16,18H,(H,17,19). The van der Waals surface area contributed by atoms with Crippen LogP contribution in [0.25, 0.3) is 0 Å². The second-order valence-corrected chi connectivity index (χ2v) is 5.85. The van der Waals surface area contributed by atoms with Gasteiger partial charge in [-0.05, 0) is 36.4 Å². The third-order valence-electron chi connectivity index (χ3n) is 2.63. The van der Waals surface area contributed by atoms with E-state index in [1.54, 1.807) is 10.9 Å². The minimum atomic E-state index is -4.56. The zero-order valence-electron chi connectivity index (χ0n) is 10.8. The molecule has 6 nitrogen and oxygen atoms in total. The van der Waals surface area contributed by atoms with Crippen molar-refractivity contribution in [3.8, 4) is 0 Å². The molecule has 1 amide bonds. The molecule has 1 aromatic heterocycles. The molecule has 118 valence electrons. The van der Waals surface area contributed by atoms with Crippen LogP contribution >= 0.6 is 0 Å². The van der Waals surface area contributed by atoms with Gasteiger partial charge in [-0.1, -0.05) is 0 Å². The summed E-state index contributed by atoms with van der Waals surface area (Å²) < 4.78 is 60.9. The summed E-state index contributed by atoms with van der Waals surface area (Å²) in [4.78, 5) is 15.5. The van der Waals surface area contributed by atoms with Crippen molar-refractivity contribution in [3.63, 3.8) is 0 Å². The van der Waals surface area contributed by atoms with Gasteiger partial charge in [-0.15, -0.1) is 4.83 Å². The SMILES string of the molecule is O=C(NNS(=O)(=O)c1ccc(C(F)(F)F)cc1)c1ccc[nH]1. The molecule has 0 aliphatic heterocycles. The fraction of sp³-hybridized carbons (Fsp3) is 0.0833. The first-order valence-electron chi connectivity index (χ1n) is 5.83. The number of hydrogen-bond donors (Lipinski definition) is 3. The average Bonchev–Trinajstić information content (AvgIpc) is 2.98. The molecule has 0 aliphatic carbocycles. The van der Waals surface area contributed by atoms with Crippen LogP contribution in [0.1, 0.15) is 16.1 Å². The summed E-state index contributed by atoms with van der Waals surface area (Å²) in [6, 6.07) is 5.83.